The smallest absolute Gasteiger partial charge is 0.316 e. The Morgan fingerprint density at radius 3 is 2.74 bits per heavy atom. The lowest BCUT2D eigenvalue weighted by molar-refractivity contribution is -0.384. The minimum absolute atomic E-state index is 0.0377. The van der Waals surface area contributed by atoms with Crippen LogP contribution in [-0.4, -0.2) is 39.4 Å². The number of rotatable bonds is 8. The first-order chi connectivity index (χ1) is 16.8. The predicted octanol–water partition coefficient (Wildman–Crippen LogP) is 6.04. The van der Waals surface area contributed by atoms with Crippen molar-refractivity contribution in [2.45, 2.75) is 51.3 Å². The van der Waals surface area contributed by atoms with Crippen molar-refractivity contribution in [2.75, 3.05) is 12.9 Å². The summed E-state index contributed by atoms with van der Waals surface area (Å²) < 4.78 is 13.4. The number of nitro groups is 1. The van der Waals surface area contributed by atoms with Gasteiger partial charge in [-0.2, -0.15) is 0 Å². The number of hydrogen-bond acceptors (Lipinski definition) is 7. The fourth-order valence-electron chi connectivity index (χ4n) is 4.88. The minimum Gasteiger partial charge on any atom is -0.495 e. The topological polar surface area (TPSA) is 96.5 Å². The molecule has 1 aromatic heterocycles. The molecule has 3 atom stereocenters. The van der Waals surface area contributed by atoms with E-state index in [1.807, 2.05) is 28.8 Å². The van der Waals surface area contributed by atoms with Crippen LogP contribution in [0, 0.1) is 27.9 Å². The summed E-state index contributed by atoms with van der Waals surface area (Å²) in [6.07, 6.45) is 3.07. The number of fused-ring (bicyclic) bond motifs is 1. The highest BCUT2D eigenvalue weighted by Gasteiger charge is 2.33. The maximum absolute atomic E-state index is 12.9. The Hall–Kier alpha value is -3.07. The van der Waals surface area contributed by atoms with Crippen molar-refractivity contribution in [3.8, 4) is 11.4 Å². The van der Waals surface area contributed by atoms with Gasteiger partial charge in [-0.15, -0.1) is 0 Å². The zero-order valence-electron chi connectivity index (χ0n) is 20.5. The molecule has 0 spiro atoms. The number of carbonyl (C=O) groups excluding carboxylic acids is 1. The van der Waals surface area contributed by atoms with Crippen LogP contribution in [0.3, 0.4) is 0 Å². The van der Waals surface area contributed by atoms with Crippen LogP contribution in [0.15, 0.2) is 47.6 Å². The van der Waals surface area contributed by atoms with Crippen molar-refractivity contribution in [3.05, 3.63) is 52.6 Å². The molecule has 1 saturated carbocycles. The predicted molar refractivity (Wildman–Crippen MR) is 136 cm³/mol. The number of hydrogen-bond donors (Lipinski definition) is 0. The molecule has 0 bridgehead atoms. The van der Waals surface area contributed by atoms with E-state index < -0.39 is 4.92 Å². The van der Waals surface area contributed by atoms with Crippen LogP contribution in [0.1, 0.15) is 40.0 Å². The summed E-state index contributed by atoms with van der Waals surface area (Å²) in [7, 11) is 1.59. The largest absolute Gasteiger partial charge is 0.495 e. The molecular weight excluding hydrogens is 466 g/mol. The van der Waals surface area contributed by atoms with Crippen LogP contribution in [0.25, 0.3) is 16.7 Å². The van der Waals surface area contributed by atoms with E-state index in [1.165, 1.54) is 30.3 Å². The lowest BCUT2D eigenvalue weighted by atomic mass is 9.75. The first kappa shape index (κ1) is 25.0. The highest BCUT2D eigenvalue weighted by molar-refractivity contribution is 7.99. The molecule has 1 aliphatic carbocycles. The Kier molecular flexibility index (Phi) is 7.64. The third kappa shape index (κ3) is 5.45. The normalized spacial score (nSPS) is 20.2. The molecule has 0 aliphatic heterocycles. The molecule has 1 heterocycles. The molecule has 35 heavy (non-hydrogen) atoms. The van der Waals surface area contributed by atoms with Crippen LogP contribution < -0.4 is 4.74 Å². The van der Waals surface area contributed by atoms with Crippen molar-refractivity contribution in [2.24, 2.45) is 17.8 Å². The zero-order valence-corrected chi connectivity index (χ0v) is 21.3. The summed E-state index contributed by atoms with van der Waals surface area (Å²) in [5, 5.41) is 11.8. The SMILES string of the molecule is COc1ccccc1-n1c(SCC(=O)OC2CC(C)CCC2C(C)C)nc2cc([N+](=O)[O-])ccc21. The third-order valence-corrected chi connectivity index (χ3v) is 7.62. The van der Waals surface area contributed by atoms with Gasteiger partial charge in [0, 0.05) is 12.1 Å². The van der Waals surface area contributed by atoms with E-state index >= 15 is 0 Å². The van der Waals surface area contributed by atoms with Gasteiger partial charge in [-0.3, -0.25) is 19.5 Å². The fraction of sp³-hybridized carbons (Fsp3) is 0.462. The lowest BCUT2D eigenvalue weighted by Gasteiger charge is -2.36. The number of ether oxygens (including phenoxy) is 2. The van der Waals surface area contributed by atoms with Crippen LogP contribution in [-0.2, 0) is 9.53 Å². The first-order valence-corrected chi connectivity index (χ1v) is 12.9. The number of imidazole rings is 1. The van der Waals surface area contributed by atoms with Crippen molar-refractivity contribution < 1.29 is 19.2 Å². The number of esters is 1. The van der Waals surface area contributed by atoms with Gasteiger partial charge in [0.05, 0.1) is 34.5 Å². The van der Waals surface area contributed by atoms with Crippen molar-refractivity contribution in [3.63, 3.8) is 0 Å². The van der Waals surface area contributed by atoms with E-state index in [0.717, 1.165) is 18.5 Å². The van der Waals surface area contributed by atoms with Gasteiger partial charge in [0.25, 0.3) is 5.69 Å². The molecule has 1 aliphatic rings. The van der Waals surface area contributed by atoms with Crippen molar-refractivity contribution >= 4 is 34.5 Å². The molecule has 0 N–H and O–H groups in total. The van der Waals surface area contributed by atoms with Gasteiger partial charge in [0.1, 0.15) is 11.9 Å². The van der Waals surface area contributed by atoms with E-state index in [4.69, 9.17) is 9.47 Å². The average Bonchev–Trinajstić information content (AvgIpc) is 3.20. The van der Waals surface area contributed by atoms with E-state index in [0.29, 0.717) is 39.7 Å². The number of para-hydroxylation sites is 2. The fourth-order valence-corrected chi connectivity index (χ4v) is 5.68. The first-order valence-electron chi connectivity index (χ1n) is 11.9. The summed E-state index contributed by atoms with van der Waals surface area (Å²) in [5.41, 5.74) is 1.87. The second-order valence-electron chi connectivity index (χ2n) is 9.47. The van der Waals surface area contributed by atoms with Gasteiger partial charge in [-0.25, -0.2) is 4.98 Å². The van der Waals surface area contributed by atoms with Crippen molar-refractivity contribution in [1.82, 2.24) is 9.55 Å². The Bertz CT molecular complexity index is 1220. The van der Waals surface area contributed by atoms with Gasteiger partial charge in [-0.1, -0.05) is 51.1 Å². The highest BCUT2D eigenvalue weighted by atomic mass is 32.2. The standard InChI is InChI=1S/C26H31N3O5S/c1-16(2)19-11-9-17(3)13-24(19)34-25(30)15-35-26-27-20-14-18(29(31)32)10-12-21(20)28(26)22-7-5-6-8-23(22)33-4/h5-8,10,12,14,16-17,19,24H,9,11,13,15H2,1-4H3. The molecule has 2 aromatic carbocycles. The summed E-state index contributed by atoms with van der Waals surface area (Å²) in [5.74, 6) is 1.82. The number of methoxy groups -OCH3 is 1. The molecule has 0 radical (unpaired) electrons. The van der Waals surface area contributed by atoms with E-state index in [-0.39, 0.29) is 23.5 Å². The zero-order chi connectivity index (χ0) is 25.1. The minimum atomic E-state index is -0.442. The maximum atomic E-state index is 12.9. The molecule has 9 heteroatoms. The number of benzene rings is 2. The Labute approximate surface area is 209 Å². The molecule has 8 nitrogen and oxygen atoms in total. The number of carbonyl (C=O) groups is 1. The average molecular weight is 498 g/mol. The monoisotopic (exact) mass is 497 g/mol. The number of nitro benzene ring substituents is 1. The van der Waals surface area contributed by atoms with E-state index in [2.05, 4.69) is 25.8 Å². The van der Waals surface area contributed by atoms with Gasteiger partial charge in [-0.05, 0) is 48.8 Å². The lowest BCUT2D eigenvalue weighted by Crippen LogP contribution is -2.36. The Morgan fingerprint density at radius 1 is 1.26 bits per heavy atom. The molecule has 4 rings (SSSR count). The van der Waals surface area contributed by atoms with E-state index in [9.17, 15) is 14.9 Å². The van der Waals surface area contributed by atoms with Gasteiger partial charge in [0.2, 0.25) is 0 Å². The second-order valence-corrected chi connectivity index (χ2v) is 10.4. The van der Waals surface area contributed by atoms with Crippen LogP contribution in [0.5, 0.6) is 5.75 Å². The Morgan fingerprint density at radius 2 is 2.03 bits per heavy atom. The summed E-state index contributed by atoms with van der Waals surface area (Å²) >= 11 is 1.26. The summed E-state index contributed by atoms with van der Waals surface area (Å²) in [6.45, 7) is 6.58. The molecule has 0 saturated heterocycles. The molecule has 186 valence electrons. The van der Waals surface area contributed by atoms with Crippen LogP contribution >= 0.6 is 11.8 Å². The molecule has 3 aromatic rings. The molecule has 0 amide bonds. The highest BCUT2D eigenvalue weighted by Crippen LogP contribution is 2.37. The molecule has 3 unspecified atom stereocenters. The van der Waals surface area contributed by atoms with Crippen LogP contribution in [0.4, 0.5) is 5.69 Å². The van der Waals surface area contributed by atoms with E-state index in [1.54, 1.807) is 13.2 Å². The molecular formula is C26H31N3O5S. The third-order valence-electron chi connectivity index (χ3n) is 6.71. The summed E-state index contributed by atoms with van der Waals surface area (Å²) in [4.78, 5) is 28.4. The van der Waals surface area contributed by atoms with Gasteiger partial charge >= 0.3 is 5.97 Å². The number of nitrogens with zero attached hydrogens (tertiary/aromatic N) is 3. The number of non-ortho nitro benzene ring substituents is 1. The number of thioether (sulfide) groups is 1. The molecule has 1 fully saturated rings. The summed E-state index contributed by atoms with van der Waals surface area (Å²) in [6, 6.07) is 12.0. The number of aromatic nitrogens is 2. The van der Waals surface area contributed by atoms with Gasteiger partial charge in [0.15, 0.2) is 5.16 Å². The Balaban J connectivity index is 1.62. The quantitative estimate of drug-likeness (QED) is 0.162. The van der Waals surface area contributed by atoms with Gasteiger partial charge < -0.3 is 9.47 Å². The van der Waals surface area contributed by atoms with Crippen LogP contribution in [0.2, 0.25) is 0 Å². The van der Waals surface area contributed by atoms with Crippen molar-refractivity contribution in [1.29, 1.82) is 0 Å². The second kappa shape index (κ2) is 10.7. The maximum Gasteiger partial charge on any atom is 0.316 e.